The number of nitrogens with zero attached hydrogens (tertiary/aromatic N) is 3. The average Bonchev–Trinajstić information content (AvgIpc) is 2.63. The van der Waals surface area contributed by atoms with Crippen LogP contribution in [0.3, 0.4) is 0 Å². The Morgan fingerprint density at radius 3 is 2.46 bits per heavy atom. The highest BCUT2D eigenvalue weighted by molar-refractivity contribution is 5.77. The number of hydrogen-bond acceptors (Lipinski definition) is 4. The quantitative estimate of drug-likeness (QED) is 0.364. The van der Waals surface area contributed by atoms with Gasteiger partial charge in [-0.15, -0.1) is 6.58 Å². The van der Waals surface area contributed by atoms with Gasteiger partial charge < -0.3 is 14.9 Å². The molecule has 1 heterocycles. The molecule has 0 atom stereocenters. The number of aliphatic hydroxyl groups excluding tert-OH is 1. The summed E-state index contributed by atoms with van der Waals surface area (Å²) in [6, 6.07) is 4.02. The van der Waals surface area contributed by atoms with E-state index >= 15 is 0 Å². The van der Waals surface area contributed by atoms with Crippen LogP contribution in [0.25, 0.3) is 5.57 Å². The first kappa shape index (κ1) is 21.7. The van der Waals surface area contributed by atoms with Gasteiger partial charge in [0.05, 0.1) is 0 Å². The first-order chi connectivity index (χ1) is 12.5. The molecular weight excluding hydrogens is 322 g/mol. The molecule has 4 nitrogen and oxygen atoms in total. The summed E-state index contributed by atoms with van der Waals surface area (Å²) in [6.45, 7) is 18.8. The molecule has 0 unspecified atom stereocenters. The van der Waals surface area contributed by atoms with E-state index in [0.29, 0.717) is 0 Å². The first-order valence-electron chi connectivity index (χ1n) is 9.20. The zero-order chi connectivity index (χ0) is 19.5. The van der Waals surface area contributed by atoms with E-state index in [9.17, 15) is 5.11 Å². The highest BCUT2D eigenvalue weighted by atomic mass is 16.3. The van der Waals surface area contributed by atoms with Crippen LogP contribution in [0.1, 0.15) is 38.4 Å². The van der Waals surface area contributed by atoms with Gasteiger partial charge in [0, 0.05) is 48.5 Å². The number of pyridine rings is 1. The smallest absolute Gasteiger partial charge is 0.115 e. The zero-order valence-corrected chi connectivity index (χ0v) is 16.7. The van der Waals surface area contributed by atoms with Gasteiger partial charge in [-0.2, -0.15) is 0 Å². The van der Waals surface area contributed by atoms with Crippen LogP contribution in [-0.4, -0.2) is 46.3 Å². The Hall–Kier alpha value is -2.33. The number of aliphatic hydroxyl groups is 1. The summed E-state index contributed by atoms with van der Waals surface area (Å²) < 4.78 is 0. The molecule has 0 aliphatic heterocycles. The molecule has 0 amide bonds. The molecule has 0 aliphatic rings. The van der Waals surface area contributed by atoms with Gasteiger partial charge in [0.25, 0.3) is 0 Å². The van der Waals surface area contributed by atoms with E-state index in [0.717, 1.165) is 54.3 Å². The molecule has 0 saturated heterocycles. The maximum atomic E-state index is 9.56. The van der Waals surface area contributed by atoms with Crippen molar-refractivity contribution in [3.63, 3.8) is 0 Å². The van der Waals surface area contributed by atoms with Crippen LogP contribution < -0.4 is 0 Å². The predicted molar refractivity (Wildman–Crippen MR) is 111 cm³/mol. The topological polar surface area (TPSA) is 39.6 Å². The summed E-state index contributed by atoms with van der Waals surface area (Å²) in [6.07, 6.45) is 8.85. The van der Waals surface area contributed by atoms with Crippen molar-refractivity contribution in [1.82, 2.24) is 14.8 Å². The SMILES string of the molecule is C=CCCN(CC)C(=C)/C=C(\C=C(/C)N(CC)CO)c1cccnc1C. The minimum absolute atomic E-state index is 0.000495. The molecule has 0 bridgehead atoms. The Labute approximate surface area is 158 Å². The molecule has 0 spiro atoms. The normalized spacial score (nSPS) is 12.0. The van der Waals surface area contributed by atoms with Gasteiger partial charge in [0.15, 0.2) is 0 Å². The second-order valence-electron chi connectivity index (χ2n) is 6.17. The molecule has 0 aromatic carbocycles. The third-order valence-electron chi connectivity index (χ3n) is 4.45. The lowest BCUT2D eigenvalue weighted by Gasteiger charge is -2.24. The number of allylic oxidation sites excluding steroid dienone is 4. The fraction of sp³-hybridized carbons (Fsp3) is 0.409. The number of likely N-dealkylation sites (N-methyl/N-ethyl adjacent to an activating group) is 1. The molecular formula is C22H33N3O. The van der Waals surface area contributed by atoms with Crippen LogP contribution >= 0.6 is 0 Å². The summed E-state index contributed by atoms with van der Waals surface area (Å²) in [5.41, 5.74) is 5.05. The summed E-state index contributed by atoms with van der Waals surface area (Å²) in [5.74, 6) is 0. The van der Waals surface area contributed by atoms with Gasteiger partial charge in [-0.3, -0.25) is 4.98 Å². The van der Waals surface area contributed by atoms with Crippen LogP contribution in [0, 0.1) is 6.92 Å². The summed E-state index contributed by atoms with van der Waals surface area (Å²) >= 11 is 0. The fourth-order valence-corrected chi connectivity index (χ4v) is 2.79. The molecule has 142 valence electrons. The van der Waals surface area contributed by atoms with Crippen LogP contribution in [-0.2, 0) is 0 Å². The van der Waals surface area contributed by atoms with Crippen molar-refractivity contribution < 1.29 is 5.11 Å². The monoisotopic (exact) mass is 355 g/mol. The minimum atomic E-state index is -0.000495. The Morgan fingerprint density at radius 1 is 1.23 bits per heavy atom. The van der Waals surface area contributed by atoms with Gasteiger partial charge in [-0.05, 0) is 57.9 Å². The number of rotatable bonds is 11. The summed E-state index contributed by atoms with van der Waals surface area (Å²) in [5, 5.41) is 9.56. The molecule has 0 radical (unpaired) electrons. The van der Waals surface area contributed by atoms with Gasteiger partial charge in [0.2, 0.25) is 0 Å². The lowest BCUT2D eigenvalue weighted by molar-refractivity contribution is 0.145. The first-order valence-corrected chi connectivity index (χ1v) is 9.20. The van der Waals surface area contributed by atoms with E-state index in [1.165, 1.54) is 0 Å². The average molecular weight is 356 g/mol. The van der Waals surface area contributed by atoms with Crippen LogP contribution in [0.4, 0.5) is 0 Å². The van der Waals surface area contributed by atoms with Crippen LogP contribution in [0.5, 0.6) is 0 Å². The van der Waals surface area contributed by atoms with E-state index in [2.05, 4.69) is 48.2 Å². The Balaban J connectivity index is 3.31. The Bertz CT molecular complexity index is 657. The van der Waals surface area contributed by atoms with E-state index in [1.54, 1.807) is 6.20 Å². The molecule has 26 heavy (non-hydrogen) atoms. The maximum Gasteiger partial charge on any atom is 0.115 e. The number of aromatic nitrogens is 1. The largest absolute Gasteiger partial charge is 0.376 e. The summed E-state index contributed by atoms with van der Waals surface area (Å²) in [7, 11) is 0. The highest BCUT2D eigenvalue weighted by Gasteiger charge is 2.10. The van der Waals surface area contributed by atoms with Crippen molar-refractivity contribution in [3.8, 4) is 0 Å². The van der Waals surface area contributed by atoms with E-state index < -0.39 is 0 Å². The van der Waals surface area contributed by atoms with Crippen molar-refractivity contribution in [2.45, 2.75) is 34.1 Å². The second-order valence-corrected chi connectivity index (χ2v) is 6.17. The van der Waals surface area contributed by atoms with E-state index in [1.807, 2.05) is 37.8 Å². The van der Waals surface area contributed by atoms with E-state index in [-0.39, 0.29) is 6.73 Å². The summed E-state index contributed by atoms with van der Waals surface area (Å²) in [4.78, 5) is 8.58. The molecule has 0 saturated carbocycles. The van der Waals surface area contributed by atoms with Crippen molar-refractivity contribution in [3.05, 3.63) is 72.4 Å². The highest BCUT2D eigenvalue weighted by Crippen LogP contribution is 2.23. The standard InChI is InChI=1S/C22H33N3O/c1-7-10-14-24(8-2)18(4)15-21(16-19(5)25(9-3)17-26)22-12-11-13-23-20(22)6/h7,11-13,15-16,26H,1,4,8-10,14,17H2,2-3,5-6H3/b19-16+,21-15+. The molecule has 0 aliphatic carbocycles. The van der Waals surface area contributed by atoms with Crippen molar-refractivity contribution in [2.24, 2.45) is 0 Å². The molecule has 4 heteroatoms. The van der Waals surface area contributed by atoms with E-state index in [4.69, 9.17) is 0 Å². The molecule has 1 aromatic rings. The molecule has 1 rings (SSSR count). The number of hydrogen-bond donors (Lipinski definition) is 1. The molecule has 1 aromatic heterocycles. The van der Waals surface area contributed by atoms with Gasteiger partial charge >= 0.3 is 0 Å². The van der Waals surface area contributed by atoms with Gasteiger partial charge in [0.1, 0.15) is 6.73 Å². The lowest BCUT2D eigenvalue weighted by atomic mass is 10.0. The zero-order valence-electron chi connectivity index (χ0n) is 16.7. The van der Waals surface area contributed by atoms with Crippen LogP contribution in [0.15, 0.2) is 61.1 Å². The Morgan fingerprint density at radius 2 is 1.92 bits per heavy atom. The third kappa shape index (κ3) is 6.19. The van der Waals surface area contributed by atoms with Crippen molar-refractivity contribution in [2.75, 3.05) is 26.4 Å². The van der Waals surface area contributed by atoms with Gasteiger partial charge in [-0.25, -0.2) is 0 Å². The maximum absolute atomic E-state index is 9.56. The fourth-order valence-electron chi connectivity index (χ4n) is 2.79. The molecule has 1 N–H and O–H groups in total. The van der Waals surface area contributed by atoms with Gasteiger partial charge in [-0.1, -0.05) is 18.7 Å². The molecule has 0 fully saturated rings. The number of aryl methyl sites for hydroxylation is 1. The van der Waals surface area contributed by atoms with Crippen molar-refractivity contribution in [1.29, 1.82) is 0 Å². The predicted octanol–water partition coefficient (Wildman–Crippen LogP) is 4.36. The third-order valence-corrected chi connectivity index (χ3v) is 4.45. The second kappa shape index (κ2) is 11.3. The minimum Gasteiger partial charge on any atom is -0.376 e. The Kier molecular flexibility index (Phi) is 9.45. The van der Waals surface area contributed by atoms with Crippen molar-refractivity contribution >= 4 is 5.57 Å². The van der Waals surface area contributed by atoms with Crippen LogP contribution in [0.2, 0.25) is 0 Å². The lowest BCUT2D eigenvalue weighted by Crippen LogP contribution is -2.23.